The SMILES string of the molecule is CNc1ncc(F)cc1C(=O)NCc1cccs1. The normalized spacial score (nSPS) is 10.1. The Morgan fingerprint density at radius 2 is 2.39 bits per heavy atom. The fourth-order valence-corrected chi connectivity index (χ4v) is 2.13. The molecule has 0 aliphatic heterocycles. The molecular formula is C12H12FN3OS. The zero-order valence-corrected chi connectivity index (χ0v) is 10.6. The van der Waals surface area contributed by atoms with Gasteiger partial charge in [-0.15, -0.1) is 11.3 Å². The second-order valence-corrected chi connectivity index (χ2v) is 4.59. The van der Waals surface area contributed by atoms with Crippen molar-refractivity contribution in [2.75, 3.05) is 12.4 Å². The van der Waals surface area contributed by atoms with Crippen LogP contribution < -0.4 is 10.6 Å². The van der Waals surface area contributed by atoms with Gasteiger partial charge in [0.15, 0.2) is 0 Å². The summed E-state index contributed by atoms with van der Waals surface area (Å²) in [5.74, 6) is -0.518. The van der Waals surface area contributed by atoms with Gasteiger partial charge in [0, 0.05) is 11.9 Å². The highest BCUT2D eigenvalue weighted by atomic mass is 32.1. The van der Waals surface area contributed by atoms with Crippen molar-refractivity contribution >= 4 is 23.1 Å². The highest BCUT2D eigenvalue weighted by Crippen LogP contribution is 2.14. The molecule has 2 aromatic rings. The molecule has 0 radical (unpaired) electrons. The number of nitrogens with one attached hydrogen (secondary N) is 2. The number of anilines is 1. The number of thiophene rings is 1. The van der Waals surface area contributed by atoms with Crippen LogP contribution in [0.5, 0.6) is 0 Å². The fourth-order valence-electron chi connectivity index (χ4n) is 1.49. The van der Waals surface area contributed by atoms with Crippen molar-refractivity contribution in [2.45, 2.75) is 6.54 Å². The maximum absolute atomic E-state index is 13.1. The van der Waals surface area contributed by atoms with Crippen LogP contribution in [0, 0.1) is 5.82 Å². The van der Waals surface area contributed by atoms with Crippen LogP contribution in [0.2, 0.25) is 0 Å². The van der Waals surface area contributed by atoms with Crippen LogP contribution in [0.3, 0.4) is 0 Å². The quantitative estimate of drug-likeness (QED) is 0.891. The summed E-state index contributed by atoms with van der Waals surface area (Å²) in [5.41, 5.74) is 0.203. The van der Waals surface area contributed by atoms with Gasteiger partial charge in [0.05, 0.1) is 18.3 Å². The third kappa shape index (κ3) is 2.84. The smallest absolute Gasteiger partial charge is 0.255 e. The number of rotatable bonds is 4. The van der Waals surface area contributed by atoms with Crippen LogP contribution in [0.25, 0.3) is 0 Å². The maximum atomic E-state index is 13.1. The molecule has 0 spiro atoms. The van der Waals surface area contributed by atoms with Gasteiger partial charge in [-0.05, 0) is 17.5 Å². The lowest BCUT2D eigenvalue weighted by Crippen LogP contribution is -2.23. The average Bonchev–Trinajstić information content (AvgIpc) is 2.89. The van der Waals surface area contributed by atoms with Crippen molar-refractivity contribution in [2.24, 2.45) is 0 Å². The topological polar surface area (TPSA) is 54.0 Å². The van der Waals surface area contributed by atoms with E-state index in [2.05, 4.69) is 15.6 Å². The lowest BCUT2D eigenvalue weighted by Gasteiger charge is -2.08. The second kappa shape index (κ2) is 5.59. The van der Waals surface area contributed by atoms with Crippen molar-refractivity contribution < 1.29 is 9.18 Å². The van der Waals surface area contributed by atoms with Crippen LogP contribution in [0.1, 0.15) is 15.2 Å². The number of halogens is 1. The molecule has 0 fully saturated rings. The number of carbonyl (C=O) groups is 1. The van der Waals surface area contributed by atoms with Crippen molar-refractivity contribution in [1.29, 1.82) is 0 Å². The van der Waals surface area contributed by atoms with E-state index in [1.54, 1.807) is 18.4 Å². The number of aromatic nitrogens is 1. The predicted octanol–water partition coefficient (Wildman–Crippen LogP) is 2.25. The number of nitrogens with zero attached hydrogens (tertiary/aromatic N) is 1. The summed E-state index contributed by atoms with van der Waals surface area (Å²) < 4.78 is 13.1. The summed E-state index contributed by atoms with van der Waals surface area (Å²) in [6.45, 7) is 0.427. The zero-order valence-electron chi connectivity index (χ0n) is 9.74. The molecule has 0 atom stereocenters. The van der Waals surface area contributed by atoms with E-state index in [1.807, 2.05) is 17.5 Å². The molecule has 6 heteroatoms. The van der Waals surface area contributed by atoms with Crippen LogP contribution in [-0.4, -0.2) is 17.9 Å². The molecule has 2 N–H and O–H groups in total. The van der Waals surface area contributed by atoms with E-state index in [1.165, 1.54) is 6.07 Å². The van der Waals surface area contributed by atoms with Crippen LogP contribution in [-0.2, 0) is 6.54 Å². The van der Waals surface area contributed by atoms with E-state index in [9.17, 15) is 9.18 Å². The van der Waals surface area contributed by atoms with Gasteiger partial charge in [-0.3, -0.25) is 4.79 Å². The summed E-state index contributed by atoms with van der Waals surface area (Å²) >= 11 is 1.55. The van der Waals surface area contributed by atoms with Crippen molar-refractivity contribution in [3.05, 3.63) is 46.0 Å². The van der Waals surface area contributed by atoms with Gasteiger partial charge in [0.1, 0.15) is 11.6 Å². The first-order chi connectivity index (χ1) is 8.70. The Kier molecular flexibility index (Phi) is 3.88. The molecule has 0 aromatic carbocycles. The van der Waals surface area contributed by atoms with Crippen molar-refractivity contribution in [3.8, 4) is 0 Å². The van der Waals surface area contributed by atoms with Gasteiger partial charge >= 0.3 is 0 Å². The molecule has 2 rings (SSSR count). The monoisotopic (exact) mass is 265 g/mol. The molecule has 4 nitrogen and oxygen atoms in total. The van der Waals surface area contributed by atoms with Crippen molar-refractivity contribution in [1.82, 2.24) is 10.3 Å². The minimum atomic E-state index is -0.532. The lowest BCUT2D eigenvalue weighted by atomic mass is 10.2. The van der Waals surface area contributed by atoms with E-state index in [0.717, 1.165) is 11.1 Å². The Bertz CT molecular complexity index is 542. The van der Waals surface area contributed by atoms with E-state index in [4.69, 9.17) is 0 Å². The Morgan fingerprint density at radius 1 is 1.56 bits per heavy atom. The number of hydrogen-bond donors (Lipinski definition) is 2. The molecule has 0 unspecified atom stereocenters. The lowest BCUT2D eigenvalue weighted by molar-refractivity contribution is 0.0951. The fraction of sp³-hybridized carbons (Fsp3) is 0.167. The molecule has 2 aromatic heterocycles. The van der Waals surface area contributed by atoms with Gasteiger partial charge < -0.3 is 10.6 Å². The van der Waals surface area contributed by atoms with E-state index >= 15 is 0 Å². The molecule has 1 amide bonds. The van der Waals surface area contributed by atoms with E-state index in [0.29, 0.717) is 12.4 Å². The summed E-state index contributed by atoms with van der Waals surface area (Å²) in [7, 11) is 1.64. The summed E-state index contributed by atoms with van der Waals surface area (Å²) in [6.07, 6.45) is 1.07. The first kappa shape index (κ1) is 12.5. The second-order valence-electron chi connectivity index (χ2n) is 3.56. The Labute approximate surface area is 108 Å². The minimum absolute atomic E-state index is 0.203. The Hall–Kier alpha value is -1.95. The first-order valence-electron chi connectivity index (χ1n) is 5.34. The Morgan fingerprint density at radius 3 is 3.06 bits per heavy atom. The Balaban J connectivity index is 2.10. The third-order valence-corrected chi connectivity index (χ3v) is 3.22. The summed E-state index contributed by atoms with van der Waals surface area (Å²) in [6, 6.07) is 5.01. The van der Waals surface area contributed by atoms with Gasteiger partial charge in [-0.1, -0.05) is 6.07 Å². The first-order valence-corrected chi connectivity index (χ1v) is 6.22. The summed E-state index contributed by atoms with van der Waals surface area (Å²) in [4.78, 5) is 16.8. The average molecular weight is 265 g/mol. The molecule has 94 valence electrons. The predicted molar refractivity (Wildman–Crippen MR) is 69.2 cm³/mol. The molecule has 0 aliphatic rings. The maximum Gasteiger partial charge on any atom is 0.255 e. The molecule has 2 heterocycles. The third-order valence-electron chi connectivity index (χ3n) is 2.34. The summed E-state index contributed by atoms with van der Waals surface area (Å²) in [5, 5.41) is 7.42. The number of pyridine rings is 1. The molecule has 0 saturated carbocycles. The molecule has 0 bridgehead atoms. The zero-order chi connectivity index (χ0) is 13.0. The molecule has 0 aliphatic carbocycles. The molecule has 18 heavy (non-hydrogen) atoms. The van der Waals surface area contributed by atoms with E-state index in [-0.39, 0.29) is 11.5 Å². The van der Waals surface area contributed by atoms with Crippen LogP contribution in [0.4, 0.5) is 10.2 Å². The number of hydrogen-bond acceptors (Lipinski definition) is 4. The molecule has 0 saturated heterocycles. The van der Waals surface area contributed by atoms with Crippen LogP contribution >= 0.6 is 11.3 Å². The van der Waals surface area contributed by atoms with Gasteiger partial charge in [0.25, 0.3) is 5.91 Å². The molecular weight excluding hydrogens is 253 g/mol. The standard InChI is InChI=1S/C12H12FN3OS/c1-14-11-10(5-8(13)6-15-11)12(17)16-7-9-3-2-4-18-9/h2-6H,7H2,1H3,(H,14,15)(H,16,17). The van der Waals surface area contributed by atoms with Gasteiger partial charge in [0.2, 0.25) is 0 Å². The van der Waals surface area contributed by atoms with Gasteiger partial charge in [-0.2, -0.15) is 0 Å². The number of carbonyl (C=O) groups excluding carboxylic acids is 1. The largest absolute Gasteiger partial charge is 0.372 e. The van der Waals surface area contributed by atoms with Gasteiger partial charge in [-0.25, -0.2) is 9.37 Å². The highest BCUT2D eigenvalue weighted by Gasteiger charge is 2.13. The minimum Gasteiger partial charge on any atom is -0.372 e. The van der Waals surface area contributed by atoms with Crippen molar-refractivity contribution in [3.63, 3.8) is 0 Å². The van der Waals surface area contributed by atoms with Crippen LogP contribution in [0.15, 0.2) is 29.8 Å². The number of amides is 1. The highest BCUT2D eigenvalue weighted by molar-refractivity contribution is 7.09. The van der Waals surface area contributed by atoms with E-state index < -0.39 is 5.82 Å².